The zero-order valence-corrected chi connectivity index (χ0v) is 8.21. The van der Waals surface area contributed by atoms with Gasteiger partial charge in [-0.1, -0.05) is 32.6 Å². The molecular weight excluding hydrogens is 168 g/mol. The summed E-state index contributed by atoms with van der Waals surface area (Å²) in [6.07, 6.45) is 6.48. The number of rotatable bonds is 7. The third-order valence-electron chi connectivity index (χ3n) is 2.57. The molecule has 1 saturated heterocycles. The van der Waals surface area contributed by atoms with Gasteiger partial charge in [0, 0.05) is 0 Å². The van der Waals surface area contributed by atoms with Crippen LogP contribution < -0.4 is 0 Å². The molecule has 1 atom stereocenters. The van der Waals surface area contributed by atoms with Gasteiger partial charge in [-0.15, -0.1) is 0 Å². The molecule has 0 unspecified atom stereocenters. The molecule has 3 nitrogen and oxygen atoms in total. The first kappa shape index (κ1) is 10.5. The topological polar surface area (TPSA) is 49.8 Å². The molecule has 1 fully saturated rings. The fourth-order valence-electron chi connectivity index (χ4n) is 1.48. The smallest absolute Gasteiger partial charge is 0.338 e. The summed E-state index contributed by atoms with van der Waals surface area (Å²) >= 11 is 0. The lowest BCUT2D eigenvalue weighted by Gasteiger charge is -2.05. The fraction of sp³-hybridized carbons (Fsp3) is 0.900. The van der Waals surface area contributed by atoms with Crippen LogP contribution in [0.5, 0.6) is 0 Å². The standard InChI is InChI=1S/C10H18O3/c1-2-3-4-5-6-7-10(8-13-10)9(11)12/h2-8H2,1H3,(H,11,12)/t10-/m1/s1. The van der Waals surface area contributed by atoms with E-state index >= 15 is 0 Å². The van der Waals surface area contributed by atoms with Crippen LogP contribution in [0.2, 0.25) is 0 Å². The largest absolute Gasteiger partial charge is 0.479 e. The van der Waals surface area contributed by atoms with E-state index in [0.29, 0.717) is 13.0 Å². The Bertz CT molecular complexity index is 173. The zero-order valence-electron chi connectivity index (χ0n) is 8.21. The van der Waals surface area contributed by atoms with Crippen LogP contribution in [-0.2, 0) is 9.53 Å². The van der Waals surface area contributed by atoms with Crippen molar-refractivity contribution >= 4 is 5.97 Å². The summed E-state index contributed by atoms with van der Waals surface area (Å²) in [5.41, 5.74) is -0.786. The maximum Gasteiger partial charge on any atom is 0.338 e. The van der Waals surface area contributed by atoms with Crippen LogP contribution in [0, 0.1) is 0 Å². The van der Waals surface area contributed by atoms with Crippen molar-refractivity contribution in [3.8, 4) is 0 Å². The number of ether oxygens (including phenoxy) is 1. The third-order valence-corrected chi connectivity index (χ3v) is 2.57. The van der Waals surface area contributed by atoms with E-state index in [9.17, 15) is 4.79 Å². The van der Waals surface area contributed by atoms with Gasteiger partial charge < -0.3 is 9.84 Å². The van der Waals surface area contributed by atoms with Gasteiger partial charge in [0.25, 0.3) is 0 Å². The van der Waals surface area contributed by atoms with Crippen molar-refractivity contribution in [1.82, 2.24) is 0 Å². The molecule has 1 heterocycles. The molecule has 0 aromatic heterocycles. The quantitative estimate of drug-likeness (QED) is 0.490. The molecule has 0 aromatic carbocycles. The van der Waals surface area contributed by atoms with Gasteiger partial charge in [0.2, 0.25) is 0 Å². The van der Waals surface area contributed by atoms with Crippen LogP contribution in [0.1, 0.15) is 45.4 Å². The summed E-state index contributed by atoms with van der Waals surface area (Å²) in [6, 6.07) is 0. The minimum Gasteiger partial charge on any atom is -0.479 e. The highest BCUT2D eigenvalue weighted by Crippen LogP contribution is 2.33. The Kier molecular flexibility index (Phi) is 3.72. The highest BCUT2D eigenvalue weighted by molar-refractivity contribution is 5.80. The molecule has 0 amide bonds. The number of hydrogen-bond donors (Lipinski definition) is 1. The fourth-order valence-corrected chi connectivity index (χ4v) is 1.48. The van der Waals surface area contributed by atoms with E-state index in [1.807, 2.05) is 0 Å². The van der Waals surface area contributed by atoms with Crippen LogP contribution in [0.15, 0.2) is 0 Å². The molecule has 0 aromatic rings. The number of carbonyl (C=O) groups is 1. The van der Waals surface area contributed by atoms with Crippen molar-refractivity contribution in [2.75, 3.05) is 6.61 Å². The predicted molar refractivity (Wildman–Crippen MR) is 49.7 cm³/mol. The molecule has 13 heavy (non-hydrogen) atoms. The minimum atomic E-state index is -0.789. The molecule has 0 spiro atoms. The highest BCUT2D eigenvalue weighted by Gasteiger charge is 2.51. The summed E-state index contributed by atoms with van der Waals surface area (Å²) in [5.74, 6) is -0.789. The summed E-state index contributed by atoms with van der Waals surface area (Å²) in [6.45, 7) is 2.58. The van der Waals surface area contributed by atoms with E-state index < -0.39 is 11.6 Å². The zero-order chi connectivity index (χ0) is 9.73. The van der Waals surface area contributed by atoms with Gasteiger partial charge in [0.1, 0.15) is 0 Å². The second-order valence-electron chi connectivity index (χ2n) is 3.75. The number of epoxide rings is 1. The van der Waals surface area contributed by atoms with Gasteiger partial charge in [-0.3, -0.25) is 0 Å². The Morgan fingerprint density at radius 3 is 2.46 bits per heavy atom. The first-order chi connectivity index (χ1) is 6.21. The lowest BCUT2D eigenvalue weighted by molar-refractivity contribution is -0.143. The van der Waals surface area contributed by atoms with E-state index in [1.165, 1.54) is 19.3 Å². The Hall–Kier alpha value is -0.570. The molecule has 0 radical (unpaired) electrons. The summed E-state index contributed by atoms with van der Waals surface area (Å²) in [5, 5.41) is 8.78. The Labute approximate surface area is 79.1 Å². The maximum atomic E-state index is 10.7. The molecule has 1 aliphatic heterocycles. The van der Waals surface area contributed by atoms with Crippen LogP contribution in [-0.4, -0.2) is 23.3 Å². The number of carboxylic acids is 1. The van der Waals surface area contributed by atoms with E-state index in [-0.39, 0.29) is 0 Å². The van der Waals surface area contributed by atoms with E-state index in [2.05, 4.69) is 6.92 Å². The van der Waals surface area contributed by atoms with Crippen molar-refractivity contribution in [3.63, 3.8) is 0 Å². The number of aliphatic carboxylic acids is 1. The summed E-state index contributed by atoms with van der Waals surface area (Å²) in [7, 11) is 0. The maximum absolute atomic E-state index is 10.7. The van der Waals surface area contributed by atoms with Gasteiger partial charge >= 0.3 is 5.97 Å². The van der Waals surface area contributed by atoms with E-state index in [4.69, 9.17) is 9.84 Å². The van der Waals surface area contributed by atoms with Crippen LogP contribution in [0.3, 0.4) is 0 Å². The summed E-state index contributed by atoms with van der Waals surface area (Å²) in [4.78, 5) is 10.7. The SMILES string of the molecule is CCCCCCC[C@]1(C(=O)O)CO1. The number of unbranched alkanes of at least 4 members (excludes halogenated alkanes) is 4. The average molecular weight is 186 g/mol. The summed E-state index contributed by atoms with van der Waals surface area (Å²) < 4.78 is 4.96. The Balaban J connectivity index is 2.03. The monoisotopic (exact) mass is 186 g/mol. The lowest BCUT2D eigenvalue weighted by Crippen LogP contribution is -2.23. The first-order valence-corrected chi connectivity index (χ1v) is 5.08. The van der Waals surface area contributed by atoms with Gasteiger partial charge in [0.05, 0.1) is 6.61 Å². The molecule has 0 aliphatic carbocycles. The number of carboxylic acid groups (broad SMARTS) is 1. The molecule has 1 aliphatic rings. The normalized spacial score (nSPS) is 25.9. The van der Waals surface area contributed by atoms with Crippen molar-refractivity contribution in [3.05, 3.63) is 0 Å². The minimum absolute atomic E-state index is 0.413. The highest BCUT2D eigenvalue weighted by atomic mass is 16.6. The molecule has 1 N–H and O–H groups in total. The van der Waals surface area contributed by atoms with E-state index in [1.54, 1.807) is 0 Å². The molecular formula is C10H18O3. The molecule has 0 bridgehead atoms. The number of hydrogen-bond acceptors (Lipinski definition) is 2. The van der Waals surface area contributed by atoms with Crippen molar-refractivity contribution in [1.29, 1.82) is 0 Å². The molecule has 76 valence electrons. The Morgan fingerprint density at radius 1 is 1.38 bits per heavy atom. The van der Waals surface area contributed by atoms with Crippen LogP contribution >= 0.6 is 0 Å². The molecule has 3 heteroatoms. The second kappa shape index (κ2) is 4.61. The molecule has 1 rings (SSSR count). The van der Waals surface area contributed by atoms with Gasteiger partial charge in [-0.2, -0.15) is 0 Å². The van der Waals surface area contributed by atoms with Crippen LogP contribution in [0.4, 0.5) is 0 Å². The van der Waals surface area contributed by atoms with E-state index in [0.717, 1.165) is 12.8 Å². The predicted octanol–water partition coefficient (Wildman–Crippen LogP) is 2.20. The Morgan fingerprint density at radius 2 is 2.00 bits per heavy atom. The van der Waals surface area contributed by atoms with Crippen molar-refractivity contribution in [2.24, 2.45) is 0 Å². The van der Waals surface area contributed by atoms with Gasteiger partial charge in [-0.25, -0.2) is 4.79 Å². The van der Waals surface area contributed by atoms with Gasteiger partial charge in [-0.05, 0) is 12.8 Å². The van der Waals surface area contributed by atoms with Crippen molar-refractivity contribution < 1.29 is 14.6 Å². The first-order valence-electron chi connectivity index (χ1n) is 5.08. The lowest BCUT2D eigenvalue weighted by atomic mass is 10.0. The third kappa shape index (κ3) is 2.99. The second-order valence-corrected chi connectivity index (χ2v) is 3.75. The molecule has 0 saturated carbocycles. The van der Waals surface area contributed by atoms with Crippen molar-refractivity contribution in [2.45, 2.75) is 51.0 Å². The van der Waals surface area contributed by atoms with Crippen LogP contribution in [0.25, 0.3) is 0 Å². The average Bonchev–Trinajstić information content (AvgIpc) is 2.85. The van der Waals surface area contributed by atoms with Gasteiger partial charge in [0.15, 0.2) is 5.60 Å².